The van der Waals surface area contributed by atoms with E-state index >= 15 is 0 Å². The van der Waals surface area contributed by atoms with Crippen molar-refractivity contribution in [3.63, 3.8) is 0 Å². The summed E-state index contributed by atoms with van der Waals surface area (Å²) in [5.74, 6) is 1.74. The van der Waals surface area contributed by atoms with Crippen molar-refractivity contribution in [2.75, 3.05) is 25.5 Å². The van der Waals surface area contributed by atoms with Crippen molar-refractivity contribution in [3.05, 3.63) is 41.6 Å². The number of fused-ring (bicyclic) bond motifs is 1. The third kappa shape index (κ3) is 2.64. The summed E-state index contributed by atoms with van der Waals surface area (Å²) < 4.78 is 11.1. The highest BCUT2D eigenvalue weighted by molar-refractivity contribution is 7.99. The van der Waals surface area contributed by atoms with E-state index in [2.05, 4.69) is 16.3 Å². The van der Waals surface area contributed by atoms with Crippen LogP contribution in [-0.2, 0) is 9.53 Å². The average Bonchev–Trinajstić information content (AvgIpc) is 3.20. The second-order valence-corrected chi connectivity index (χ2v) is 6.74. The molecular weight excluding hydrogens is 314 g/mol. The predicted molar refractivity (Wildman–Crippen MR) is 84.2 cm³/mol. The third-order valence-corrected chi connectivity index (χ3v) is 5.42. The van der Waals surface area contributed by atoms with Crippen LogP contribution in [0.3, 0.4) is 0 Å². The van der Waals surface area contributed by atoms with Crippen molar-refractivity contribution in [2.24, 2.45) is 0 Å². The van der Waals surface area contributed by atoms with Crippen LogP contribution in [0.2, 0.25) is 0 Å². The predicted octanol–water partition coefficient (Wildman–Crippen LogP) is 2.17. The number of hydrogen-bond acceptors (Lipinski definition) is 6. The maximum Gasteiger partial charge on any atom is 0.241 e. The summed E-state index contributed by atoms with van der Waals surface area (Å²) in [6, 6.07) is 7.83. The largest absolute Gasteiger partial charge is 0.423 e. The topological polar surface area (TPSA) is 68.5 Å². The molecule has 6 nitrogen and oxygen atoms in total. The lowest BCUT2D eigenvalue weighted by molar-refractivity contribution is -0.142. The van der Waals surface area contributed by atoms with Gasteiger partial charge in [0, 0.05) is 24.1 Å². The van der Waals surface area contributed by atoms with E-state index in [0.29, 0.717) is 31.5 Å². The van der Waals surface area contributed by atoms with Gasteiger partial charge in [0.25, 0.3) is 0 Å². The molecule has 2 aliphatic heterocycles. The fourth-order valence-corrected chi connectivity index (χ4v) is 4.31. The van der Waals surface area contributed by atoms with Crippen LogP contribution in [0.1, 0.15) is 29.3 Å². The van der Waals surface area contributed by atoms with E-state index < -0.39 is 0 Å². The summed E-state index contributed by atoms with van der Waals surface area (Å²) in [7, 11) is 0. The summed E-state index contributed by atoms with van der Waals surface area (Å²) in [4.78, 5) is 16.2. The van der Waals surface area contributed by atoms with E-state index in [1.54, 1.807) is 18.7 Å². The first kappa shape index (κ1) is 14.7. The zero-order chi connectivity index (χ0) is 15.8. The first-order chi connectivity index (χ1) is 11.2. The van der Waals surface area contributed by atoms with Gasteiger partial charge in [0.15, 0.2) is 0 Å². The minimum Gasteiger partial charge on any atom is -0.423 e. The highest BCUT2D eigenvalue weighted by Crippen LogP contribution is 2.41. The Kier molecular flexibility index (Phi) is 3.82. The Balaban J connectivity index is 1.61. The Labute approximate surface area is 138 Å². The van der Waals surface area contributed by atoms with E-state index in [4.69, 9.17) is 9.15 Å². The van der Waals surface area contributed by atoms with Crippen molar-refractivity contribution in [2.45, 2.75) is 23.8 Å². The number of morpholine rings is 1. The number of aromatic nitrogens is 2. The highest BCUT2D eigenvalue weighted by Gasteiger charge is 2.38. The smallest absolute Gasteiger partial charge is 0.241 e. The molecule has 0 radical (unpaired) electrons. The molecule has 3 heterocycles. The summed E-state index contributed by atoms with van der Waals surface area (Å²) in [5, 5.41) is 7.95. The van der Waals surface area contributed by atoms with Gasteiger partial charge in [0.1, 0.15) is 6.04 Å². The molecule has 120 valence electrons. The normalized spacial score (nSPS) is 23.8. The van der Waals surface area contributed by atoms with E-state index in [9.17, 15) is 4.79 Å². The molecule has 1 fully saturated rings. The molecule has 0 bridgehead atoms. The van der Waals surface area contributed by atoms with Gasteiger partial charge in [-0.15, -0.1) is 22.0 Å². The number of hydrogen-bond donors (Lipinski definition) is 0. The third-order valence-electron chi connectivity index (χ3n) is 4.24. The molecule has 1 saturated heterocycles. The van der Waals surface area contributed by atoms with Crippen LogP contribution in [0.25, 0.3) is 0 Å². The van der Waals surface area contributed by atoms with Gasteiger partial charge in [-0.05, 0) is 11.6 Å². The number of amides is 1. The molecule has 1 amide bonds. The van der Waals surface area contributed by atoms with Crippen molar-refractivity contribution >= 4 is 17.7 Å². The Hall–Kier alpha value is -1.86. The number of carbonyl (C=O) groups is 1. The monoisotopic (exact) mass is 331 g/mol. The van der Waals surface area contributed by atoms with Gasteiger partial charge < -0.3 is 14.1 Å². The number of aryl methyl sites for hydroxylation is 1. The lowest BCUT2D eigenvalue weighted by Crippen LogP contribution is -2.45. The van der Waals surface area contributed by atoms with E-state index in [0.717, 1.165) is 11.3 Å². The fourth-order valence-electron chi connectivity index (χ4n) is 3.09. The molecule has 0 unspecified atom stereocenters. The molecule has 2 atom stereocenters. The fraction of sp³-hybridized carbons (Fsp3) is 0.438. The molecule has 2 aromatic rings. The van der Waals surface area contributed by atoms with Crippen LogP contribution in [0.4, 0.5) is 0 Å². The number of carbonyl (C=O) groups excluding carboxylic acids is 1. The Morgan fingerprint density at radius 1 is 1.35 bits per heavy atom. The molecule has 2 aliphatic rings. The lowest BCUT2D eigenvalue weighted by atomic mass is 9.98. The van der Waals surface area contributed by atoms with Gasteiger partial charge in [-0.1, -0.05) is 18.2 Å². The second kappa shape index (κ2) is 5.98. The molecular formula is C16H17N3O3S. The van der Waals surface area contributed by atoms with Crippen LogP contribution in [0.15, 0.2) is 33.6 Å². The summed E-state index contributed by atoms with van der Waals surface area (Å²) >= 11 is 1.74. The molecule has 1 aromatic heterocycles. The van der Waals surface area contributed by atoms with Gasteiger partial charge in [-0.3, -0.25) is 4.79 Å². The van der Waals surface area contributed by atoms with Gasteiger partial charge in [-0.2, -0.15) is 0 Å². The standard InChI is InChI=1S/C16H17N3O3S/c1-10-17-18-15(22-10)13-8-21-7-6-19(13)16(20)12-9-23-14-5-3-2-4-11(12)14/h2-5,12-13H,6-9H2,1H3/t12-,13+/m0/s1. The minimum atomic E-state index is -0.296. The van der Waals surface area contributed by atoms with Gasteiger partial charge in [0.2, 0.25) is 17.7 Å². The SMILES string of the molecule is Cc1nnc([C@H]2COCCN2C(=O)[C@H]2CSc3ccccc32)o1. The van der Waals surface area contributed by atoms with E-state index in [1.807, 2.05) is 23.1 Å². The zero-order valence-corrected chi connectivity index (χ0v) is 13.6. The maximum absolute atomic E-state index is 13.1. The van der Waals surface area contributed by atoms with Crippen LogP contribution < -0.4 is 0 Å². The maximum atomic E-state index is 13.1. The van der Waals surface area contributed by atoms with Crippen LogP contribution in [-0.4, -0.2) is 46.5 Å². The van der Waals surface area contributed by atoms with Crippen molar-refractivity contribution < 1.29 is 13.9 Å². The molecule has 0 spiro atoms. The summed E-state index contributed by atoms with van der Waals surface area (Å²) in [5.41, 5.74) is 1.12. The van der Waals surface area contributed by atoms with E-state index in [-0.39, 0.29) is 17.9 Å². The Morgan fingerprint density at radius 2 is 2.22 bits per heavy atom. The first-order valence-corrected chi connectivity index (χ1v) is 8.62. The van der Waals surface area contributed by atoms with Gasteiger partial charge >= 0.3 is 0 Å². The first-order valence-electron chi connectivity index (χ1n) is 7.64. The average molecular weight is 331 g/mol. The van der Waals surface area contributed by atoms with Crippen LogP contribution in [0.5, 0.6) is 0 Å². The zero-order valence-electron chi connectivity index (χ0n) is 12.8. The molecule has 0 saturated carbocycles. The number of rotatable bonds is 2. The molecule has 4 rings (SSSR count). The Morgan fingerprint density at radius 3 is 3.04 bits per heavy atom. The Bertz CT molecular complexity index is 733. The number of nitrogens with zero attached hydrogens (tertiary/aromatic N) is 3. The number of ether oxygens (including phenoxy) is 1. The molecule has 7 heteroatoms. The minimum absolute atomic E-state index is 0.110. The molecule has 0 N–H and O–H groups in total. The lowest BCUT2D eigenvalue weighted by Gasteiger charge is -2.35. The highest BCUT2D eigenvalue weighted by atomic mass is 32.2. The number of benzene rings is 1. The second-order valence-electron chi connectivity index (χ2n) is 5.68. The van der Waals surface area contributed by atoms with Crippen molar-refractivity contribution in [3.8, 4) is 0 Å². The quantitative estimate of drug-likeness (QED) is 0.840. The van der Waals surface area contributed by atoms with E-state index in [1.165, 1.54) is 4.90 Å². The van der Waals surface area contributed by atoms with Crippen LogP contribution in [0, 0.1) is 6.92 Å². The number of thioether (sulfide) groups is 1. The molecule has 1 aromatic carbocycles. The van der Waals surface area contributed by atoms with Crippen molar-refractivity contribution in [1.82, 2.24) is 15.1 Å². The molecule has 23 heavy (non-hydrogen) atoms. The molecule has 0 aliphatic carbocycles. The van der Waals surface area contributed by atoms with Crippen LogP contribution >= 0.6 is 11.8 Å². The summed E-state index contributed by atoms with van der Waals surface area (Å²) in [6.07, 6.45) is 0. The van der Waals surface area contributed by atoms with Gasteiger partial charge in [-0.25, -0.2) is 0 Å². The summed E-state index contributed by atoms with van der Waals surface area (Å²) in [6.45, 7) is 3.23. The van der Waals surface area contributed by atoms with Crippen molar-refractivity contribution in [1.29, 1.82) is 0 Å². The van der Waals surface area contributed by atoms with Gasteiger partial charge in [0.05, 0.1) is 19.1 Å².